The highest BCUT2D eigenvalue weighted by molar-refractivity contribution is 6.93. The molecule has 6 heteroatoms. The Morgan fingerprint density at radius 3 is 1.98 bits per heavy atom. The molecule has 0 N–H and O–H groups in total. The summed E-state index contributed by atoms with van der Waals surface area (Å²) in [7, 11) is 0. The van der Waals surface area contributed by atoms with E-state index in [1.54, 1.807) is 0 Å². The maximum Gasteiger partial charge on any atom is 0.333 e. The van der Waals surface area contributed by atoms with Crippen LogP contribution in [-0.4, -0.2) is 6.85 Å². The zero-order chi connectivity index (χ0) is 39.6. The molecule has 0 spiro atoms. The third kappa shape index (κ3) is 4.76. The average Bonchev–Trinajstić information content (AvgIpc) is 3.67. The minimum Gasteiger partial charge on any atom is -0.454 e. The Bertz CT molecular complexity index is 3450. The number of anilines is 5. The van der Waals surface area contributed by atoms with E-state index in [9.17, 15) is 0 Å². The van der Waals surface area contributed by atoms with E-state index in [0.29, 0.717) is 23.0 Å². The van der Waals surface area contributed by atoms with Crippen LogP contribution < -0.4 is 30.1 Å². The van der Waals surface area contributed by atoms with Crippen molar-refractivity contribution < 1.29 is 13.9 Å². The monoisotopic (exact) mass is 770 g/mol. The maximum absolute atomic E-state index is 6.86. The molecule has 0 bridgehead atoms. The van der Waals surface area contributed by atoms with Gasteiger partial charge in [0.25, 0.3) is 0 Å². The SMILES string of the molecule is Cc1cc2c3c(c1)N(c1ccc(-c4ccccc4)cc1C)c1cc4c(cc1B3N(c1cccc3c1oc1ccccc13)c1cc3ccccc3cc1-2)Oc1ccccc1O4. The van der Waals surface area contributed by atoms with Crippen LogP contribution in [0.2, 0.25) is 0 Å². The molecule has 0 amide bonds. The highest BCUT2D eigenvalue weighted by atomic mass is 16.6. The van der Waals surface area contributed by atoms with E-state index in [1.807, 2.05) is 30.3 Å². The van der Waals surface area contributed by atoms with Gasteiger partial charge >= 0.3 is 6.85 Å². The number of fused-ring (bicyclic) bond motifs is 10. The summed E-state index contributed by atoms with van der Waals surface area (Å²) in [6.45, 7) is 4.18. The van der Waals surface area contributed by atoms with Crippen molar-refractivity contribution in [3.05, 3.63) is 187 Å². The Morgan fingerprint density at radius 1 is 0.450 bits per heavy atom. The van der Waals surface area contributed by atoms with Crippen molar-refractivity contribution in [1.29, 1.82) is 0 Å². The molecule has 3 aliphatic rings. The summed E-state index contributed by atoms with van der Waals surface area (Å²) in [6, 6.07) is 62.8. The van der Waals surface area contributed by atoms with Crippen LogP contribution in [0.3, 0.4) is 0 Å². The van der Waals surface area contributed by atoms with E-state index in [1.165, 1.54) is 49.6 Å². The zero-order valence-electron chi connectivity index (χ0n) is 32.9. The lowest BCUT2D eigenvalue weighted by Gasteiger charge is -2.46. The summed E-state index contributed by atoms with van der Waals surface area (Å²) in [5, 5.41) is 4.57. The normalized spacial score (nSPS) is 13.3. The van der Waals surface area contributed by atoms with E-state index in [-0.39, 0.29) is 6.85 Å². The summed E-state index contributed by atoms with van der Waals surface area (Å²) in [4.78, 5) is 4.98. The summed E-state index contributed by atoms with van der Waals surface area (Å²) in [5.74, 6) is 2.77. The van der Waals surface area contributed by atoms with Crippen molar-refractivity contribution >= 4 is 78.9 Å². The van der Waals surface area contributed by atoms with Crippen molar-refractivity contribution in [2.24, 2.45) is 0 Å². The van der Waals surface area contributed by atoms with Crippen LogP contribution in [0.25, 0.3) is 55.0 Å². The smallest absolute Gasteiger partial charge is 0.333 e. The maximum atomic E-state index is 6.86. The first-order valence-corrected chi connectivity index (χ1v) is 20.5. The van der Waals surface area contributed by atoms with E-state index in [0.717, 1.165) is 55.8 Å². The minimum atomic E-state index is -0.260. The van der Waals surface area contributed by atoms with Gasteiger partial charge in [0.15, 0.2) is 28.6 Å². The molecule has 9 aromatic carbocycles. The lowest BCUT2D eigenvalue weighted by molar-refractivity contribution is 0.360. The van der Waals surface area contributed by atoms with Crippen molar-refractivity contribution in [2.45, 2.75) is 13.8 Å². The van der Waals surface area contributed by atoms with Crippen molar-refractivity contribution in [2.75, 3.05) is 9.71 Å². The Balaban J connectivity index is 1.14. The van der Waals surface area contributed by atoms with Crippen LogP contribution in [0.4, 0.5) is 28.4 Å². The Hall–Kier alpha value is -7.70. The Morgan fingerprint density at radius 2 is 1.17 bits per heavy atom. The number of aryl methyl sites for hydroxylation is 2. The molecule has 0 radical (unpaired) electrons. The second-order valence-electron chi connectivity index (χ2n) is 16.2. The number of hydrogen-bond acceptors (Lipinski definition) is 5. The standard InChI is InChI=1S/C54H35BN2O3/c1-32-25-41-40-28-35-15-6-7-16-36(35)29-45(40)57(44-19-12-18-39-38-17-8-9-20-48(38)60-54(39)44)55-42-30-51-52(59-50-22-11-10-21-49(50)58-51)31-46(42)56(47(26-32)53(41)55)43-24-23-37(27-33(43)2)34-13-4-3-5-14-34/h3-31H,1-2H3. The van der Waals surface area contributed by atoms with Gasteiger partial charge in [-0.05, 0) is 124 Å². The molecule has 60 heavy (non-hydrogen) atoms. The fraction of sp³-hybridized carbons (Fsp3) is 0.0370. The van der Waals surface area contributed by atoms with Crippen molar-refractivity contribution in [3.8, 4) is 45.3 Å². The molecule has 0 saturated carbocycles. The number of rotatable bonds is 3. The van der Waals surface area contributed by atoms with Gasteiger partial charge in [0, 0.05) is 45.2 Å². The first-order valence-electron chi connectivity index (χ1n) is 20.5. The fourth-order valence-corrected chi connectivity index (χ4v) is 9.97. The van der Waals surface area contributed by atoms with Gasteiger partial charge in [-0.25, -0.2) is 0 Å². The second kappa shape index (κ2) is 12.4. The number of hydrogen-bond donors (Lipinski definition) is 0. The van der Waals surface area contributed by atoms with Gasteiger partial charge < -0.3 is 23.6 Å². The highest BCUT2D eigenvalue weighted by Crippen LogP contribution is 2.53. The van der Waals surface area contributed by atoms with E-state index in [2.05, 4.69) is 169 Å². The lowest BCUT2D eigenvalue weighted by atomic mass is 9.43. The molecule has 10 aromatic rings. The van der Waals surface area contributed by atoms with E-state index < -0.39 is 0 Å². The highest BCUT2D eigenvalue weighted by Gasteiger charge is 2.47. The molecule has 5 nitrogen and oxygen atoms in total. The molecule has 1 aromatic heterocycles. The van der Waals surface area contributed by atoms with Crippen LogP contribution in [0.5, 0.6) is 23.0 Å². The predicted molar refractivity (Wildman–Crippen MR) is 246 cm³/mol. The number of ether oxygens (including phenoxy) is 2. The molecular weight excluding hydrogens is 735 g/mol. The zero-order valence-corrected chi connectivity index (χ0v) is 32.9. The molecule has 13 rings (SSSR count). The fourth-order valence-electron chi connectivity index (χ4n) is 9.97. The van der Waals surface area contributed by atoms with Gasteiger partial charge in [0.2, 0.25) is 0 Å². The van der Waals surface area contributed by atoms with E-state index in [4.69, 9.17) is 13.9 Å². The summed E-state index contributed by atoms with van der Waals surface area (Å²) >= 11 is 0. The Labute approximate surface area is 347 Å². The summed E-state index contributed by atoms with van der Waals surface area (Å²) < 4.78 is 20.3. The van der Waals surface area contributed by atoms with Gasteiger partial charge in [-0.1, -0.05) is 109 Å². The molecule has 3 aliphatic heterocycles. The molecule has 4 heterocycles. The summed E-state index contributed by atoms with van der Waals surface area (Å²) in [5.41, 5.74) is 16.6. The molecule has 282 valence electrons. The number of furan rings is 1. The van der Waals surface area contributed by atoms with Gasteiger partial charge in [-0.3, -0.25) is 0 Å². The van der Waals surface area contributed by atoms with E-state index >= 15 is 0 Å². The average molecular weight is 771 g/mol. The largest absolute Gasteiger partial charge is 0.454 e. The van der Waals surface area contributed by atoms with Crippen LogP contribution in [0.15, 0.2) is 180 Å². The van der Waals surface area contributed by atoms with Gasteiger partial charge in [0.1, 0.15) is 5.58 Å². The quantitative estimate of drug-likeness (QED) is 0.167. The molecular formula is C54H35BN2O3. The molecule has 0 aliphatic carbocycles. The minimum absolute atomic E-state index is 0.260. The first kappa shape index (κ1) is 33.3. The van der Waals surface area contributed by atoms with Crippen LogP contribution in [-0.2, 0) is 0 Å². The predicted octanol–water partition coefficient (Wildman–Crippen LogP) is 13.6. The second-order valence-corrected chi connectivity index (χ2v) is 16.2. The topological polar surface area (TPSA) is 38.1 Å². The van der Waals surface area contributed by atoms with Crippen molar-refractivity contribution in [1.82, 2.24) is 0 Å². The summed E-state index contributed by atoms with van der Waals surface area (Å²) in [6.07, 6.45) is 0. The lowest BCUT2D eigenvalue weighted by Crippen LogP contribution is -2.61. The number of para-hydroxylation sites is 4. The Kier molecular flexibility index (Phi) is 6.88. The third-order valence-corrected chi connectivity index (χ3v) is 12.6. The molecule has 0 fully saturated rings. The van der Waals surface area contributed by atoms with Gasteiger partial charge in [0.05, 0.1) is 5.69 Å². The first-order chi connectivity index (χ1) is 29.6. The van der Waals surface area contributed by atoms with Gasteiger partial charge in [-0.15, -0.1) is 0 Å². The van der Waals surface area contributed by atoms with Crippen LogP contribution in [0, 0.1) is 13.8 Å². The van der Waals surface area contributed by atoms with Crippen LogP contribution >= 0.6 is 0 Å². The number of nitrogens with zero attached hydrogens (tertiary/aromatic N) is 2. The molecule has 0 saturated heterocycles. The van der Waals surface area contributed by atoms with Crippen LogP contribution in [0.1, 0.15) is 11.1 Å². The number of benzene rings is 9. The molecule has 0 unspecified atom stereocenters. The van der Waals surface area contributed by atoms with Gasteiger partial charge in [-0.2, -0.15) is 0 Å². The third-order valence-electron chi connectivity index (χ3n) is 12.6. The molecule has 0 atom stereocenters. The van der Waals surface area contributed by atoms with Crippen molar-refractivity contribution in [3.63, 3.8) is 0 Å².